The van der Waals surface area contributed by atoms with Crippen molar-refractivity contribution in [2.24, 2.45) is 0 Å². The molecule has 5 heteroatoms. The number of rotatable bonds is 1. The first-order valence-corrected chi connectivity index (χ1v) is 7.13. The van der Waals surface area contributed by atoms with Crippen molar-refractivity contribution in [1.29, 1.82) is 0 Å². The predicted molar refractivity (Wildman–Crippen MR) is 77.5 cm³/mol. The Labute approximate surface area is 119 Å². The summed E-state index contributed by atoms with van der Waals surface area (Å²) in [4.78, 5) is 16.0. The SMILES string of the molecule is CN(C(=O)O)C1CCCc2c1[nH]c1ccc(Br)cc21. The zero-order valence-electron chi connectivity index (χ0n) is 10.6. The van der Waals surface area contributed by atoms with Crippen molar-refractivity contribution >= 4 is 32.9 Å². The van der Waals surface area contributed by atoms with E-state index >= 15 is 0 Å². The number of hydrogen-bond donors (Lipinski definition) is 2. The number of halogens is 1. The quantitative estimate of drug-likeness (QED) is 0.836. The molecule has 1 heterocycles. The van der Waals surface area contributed by atoms with Gasteiger partial charge in [0.15, 0.2) is 0 Å². The molecule has 1 aliphatic rings. The summed E-state index contributed by atoms with van der Waals surface area (Å²) in [5.74, 6) is 0. The first kappa shape index (κ1) is 12.5. The Morgan fingerprint density at radius 2 is 2.32 bits per heavy atom. The lowest BCUT2D eigenvalue weighted by Gasteiger charge is -2.29. The van der Waals surface area contributed by atoms with Gasteiger partial charge in [0, 0.05) is 28.1 Å². The summed E-state index contributed by atoms with van der Waals surface area (Å²) in [6, 6.07) is 6.08. The van der Waals surface area contributed by atoms with E-state index in [1.165, 1.54) is 15.8 Å². The van der Waals surface area contributed by atoms with Crippen LogP contribution in [0.4, 0.5) is 4.79 Å². The topological polar surface area (TPSA) is 56.3 Å². The second-order valence-corrected chi connectivity index (χ2v) is 5.92. The zero-order chi connectivity index (χ0) is 13.6. The summed E-state index contributed by atoms with van der Waals surface area (Å²) >= 11 is 3.49. The van der Waals surface area contributed by atoms with E-state index in [1.807, 2.05) is 12.1 Å². The number of aromatic nitrogens is 1. The molecule has 3 rings (SSSR count). The maximum Gasteiger partial charge on any atom is 0.407 e. The van der Waals surface area contributed by atoms with Crippen LogP contribution in [-0.2, 0) is 6.42 Å². The minimum Gasteiger partial charge on any atom is -0.465 e. The van der Waals surface area contributed by atoms with E-state index in [0.29, 0.717) is 0 Å². The van der Waals surface area contributed by atoms with Crippen LogP contribution in [0.5, 0.6) is 0 Å². The molecule has 0 saturated carbocycles. The normalized spacial score (nSPS) is 18.3. The average Bonchev–Trinajstić information content (AvgIpc) is 2.75. The van der Waals surface area contributed by atoms with Crippen LogP contribution in [0, 0.1) is 0 Å². The molecule has 1 aromatic carbocycles. The second kappa shape index (κ2) is 4.56. The van der Waals surface area contributed by atoms with E-state index in [1.54, 1.807) is 7.05 Å². The summed E-state index contributed by atoms with van der Waals surface area (Å²) in [5, 5.41) is 10.4. The Morgan fingerprint density at radius 3 is 3.05 bits per heavy atom. The van der Waals surface area contributed by atoms with Crippen molar-refractivity contribution in [2.45, 2.75) is 25.3 Å². The monoisotopic (exact) mass is 322 g/mol. The summed E-state index contributed by atoms with van der Waals surface area (Å²) in [7, 11) is 1.64. The van der Waals surface area contributed by atoms with Gasteiger partial charge in [-0.25, -0.2) is 4.79 Å². The van der Waals surface area contributed by atoms with Crippen LogP contribution in [0.15, 0.2) is 22.7 Å². The maximum atomic E-state index is 11.2. The molecule has 2 N–H and O–H groups in total. The summed E-state index contributed by atoms with van der Waals surface area (Å²) in [5.41, 5.74) is 3.41. The van der Waals surface area contributed by atoms with Gasteiger partial charge in [0.05, 0.1) is 6.04 Å². The zero-order valence-corrected chi connectivity index (χ0v) is 12.2. The van der Waals surface area contributed by atoms with E-state index < -0.39 is 6.09 Å². The summed E-state index contributed by atoms with van der Waals surface area (Å²) < 4.78 is 1.05. The number of amides is 1. The van der Waals surface area contributed by atoms with Gasteiger partial charge in [0.2, 0.25) is 0 Å². The van der Waals surface area contributed by atoms with Crippen LogP contribution in [-0.4, -0.2) is 28.1 Å². The Kier molecular flexibility index (Phi) is 3.01. The van der Waals surface area contributed by atoms with Gasteiger partial charge in [-0.3, -0.25) is 0 Å². The van der Waals surface area contributed by atoms with Gasteiger partial charge in [-0.15, -0.1) is 0 Å². The van der Waals surface area contributed by atoms with Crippen molar-refractivity contribution < 1.29 is 9.90 Å². The van der Waals surface area contributed by atoms with Crippen LogP contribution >= 0.6 is 15.9 Å². The van der Waals surface area contributed by atoms with Gasteiger partial charge in [-0.2, -0.15) is 0 Å². The molecule has 2 aromatic rings. The number of carbonyl (C=O) groups is 1. The largest absolute Gasteiger partial charge is 0.465 e. The predicted octanol–water partition coefficient (Wildman–Crippen LogP) is 3.92. The van der Waals surface area contributed by atoms with Crippen molar-refractivity contribution in [3.63, 3.8) is 0 Å². The first-order chi connectivity index (χ1) is 9.08. The van der Waals surface area contributed by atoms with Crippen LogP contribution in [0.25, 0.3) is 10.9 Å². The van der Waals surface area contributed by atoms with Crippen LogP contribution in [0.3, 0.4) is 0 Å². The molecule has 0 bridgehead atoms. The van der Waals surface area contributed by atoms with Crippen molar-refractivity contribution in [3.8, 4) is 0 Å². The Balaban J connectivity index is 2.15. The molecule has 0 saturated heterocycles. The Hall–Kier alpha value is -1.49. The lowest BCUT2D eigenvalue weighted by Crippen LogP contribution is -2.32. The van der Waals surface area contributed by atoms with Crippen LogP contribution < -0.4 is 0 Å². The molecule has 0 radical (unpaired) electrons. The van der Waals surface area contributed by atoms with Crippen molar-refractivity contribution in [1.82, 2.24) is 9.88 Å². The number of aryl methyl sites for hydroxylation is 1. The standard InChI is InChI=1S/C14H15BrN2O2/c1-17(14(18)19)12-4-2-3-9-10-7-8(15)5-6-11(10)16-13(9)12/h5-7,12,16H,2-4H2,1H3,(H,18,19). The number of nitrogens with one attached hydrogen (secondary N) is 1. The van der Waals surface area contributed by atoms with E-state index in [4.69, 9.17) is 0 Å². The van der Waals surface area contributed by atoms with Gasteiger partial charge in [0.25, 0.3) is 0 Å². The molecule has 1 aromatic heterocycles. The van der Waals surface area contributed by atoms with E-state index in [0.717, 1.165) is 34.9 Å². The highest BCUT2D eigenvalue weighted by atomic mass is 79.9. The fourth-order valence-electron chi connectivity index (χ4n) is 2.93. The molecular weight excluding hydrogens is 308 g/mol. The third-order valence-corrected chi connectivity index (χ3v) is 4.40. The first-order valence-electron chi connectivity index (χ1n) is 6.33. The van der Waals surface area contributed by atoms with Crippen molar-refractivity contribution in [3.05, 3.63) is 33.9 Å². The van der Waals surface area contributed by atoms with E-state index in [2.05, 4.69) is 27.0 Å². The minimum atomic E-state index is -0.877. The molecule has 1 aliphatic carbocycles. The fourth-order valence-corrected chi connectivity index (χ4v) is 3.29. The highest BCUT2D eigenvalue weighted by molar-refractivity contribution is 9.10. The minimum absolute atomic E-state index is 0.0626. The highest BCUT2D eigenvalue weighted by Gasteiger charge is 2.29. The molecule has 4 nitrogen and oxygen atoms in total. The van der Waals surface area contributed by atoms with Crippen LogP contribution in [0.2, 0.25) is 0 Å². The second-order valence-electron chi connectivity index (χ2n) is 5.01. The van der Waals surface area contributed by atoms with E-state index in [-0.39, 0.29) is 6.04 Å². The maximum absolute atomic E-state index is 11.2. The lowest BCUT2D eigenvalue weighted by atomic mass is 9.91. The summed E-state index contributed by atoms with van der Waals surface area (Å²) in [6.45, 7) is 0. The number of aromatic amines is 1. The molecule has 0 spiro atoms. The number of H-pyrrole nitrogens is 1. The van der Waals surface area contributed by atoms with E-state index in [9.17, 15) is 9.90 Å². The van der Waals surface area contributed by atoms with Gasteiger partial charge in [-0.1, -0.05) is 15.9 Å². The molecule has 0 fully saturated rings. The number of hydrogen-bond acceptors (Lipinski definition) is 1. The van der Waals surface area contributed by atoms with Crippen molar-refractivity contribution in [2.75, 3.05) is 7.05 Å². The third kappa shape index (κ3) is 2.02. The third-order valence-electron chi connectivity index (χ3n) is 3.91. The molecular formula is C14H15BrN2O2. The molecule has 0 aliphatic heterocycles. The molecule has 100 valence electrons. The molecule has 1 atom stereocenters. The molecule has 19 heavy (non-hydrogen) atoms. The molecule has 1 amide bonds. The number of nitrogens with zero attached hydrogens (tertiary/aromatic N) is 1. The Bertz CT molecular complexity index is 650. The number of fused-ring (bicyclic) bond motifs is 3. The van der Waals surface area contributed by atoms with Gasteiger partial charge in [0.1, 0.15) is 0 Å². The van der Waals surface area contributed by atoms with Gasteiger partial charge >= 0.3 is 6.09 Å². The Morgan fingerprint density at radius 1 is 1.53 bits per heavy atom. The fraction of sp³-hybridized carbons (Fsp3) is 0.357. The van der Waals surface area contributed by atoms with Crippen LogP contribution in [0.1, 0.15) is 30.1 Å². The lowest BCUT2D eigenvalue weighted by molar-refractivity contribution is 0.132. The average molecular weight is 323 g/mol. The number of carboxylic acid groups (broad SMARTS) is 1. The van der Waals surface area contributed by atoms with Gasteiger partial charge in [-0.05, 0) is 43.0 Å². The molecule has 1 unspecified atom stereocenters. The highest BCUT2D eigenvalue weighted by Crippen LogP contribution is 2.38. The number of benzene rings is 1. The summed E-state index contributed by atoms with van der Waals surface area (Å²) in [6.07, 6.45) is 2.03. The van der Waals surface area contributed by atoms with Gasteiger partial charge < -0.3 is 15.0 Å². The smallest absolute Gasteiger partial charge is 0.407 e.